The summed E-state index contributed by atoms with van der Waals surface area (Å²) in [6.07, 6.45) is 2.28. The highest BCUT2D eigenvalue weighted by atomic mass is 32.1. The number of fused-ring (bicyclic) bond motifs is 1. The van der Waals surface area contributed by atoms with Gasteiger partial charge in [0.25, 0.3) is 0 Å². The number of aryl methyl sites for hydroxylation is 2. The van der Waals surface area contributed by atoms with Crippen molar-refractivity contribution < 1.29 is 4.74 Å². The molecule has 112 valence electrons. The molecule has 2 aromatic rings. The molecule has 2 unspecified atom stereocenters. The summed E-state index contributed by atoms with van der Waals surface area (Å²) in [6.45, 7) is 7.49. The molecule has 0 saturated heterocycles. The smallest absolute Gasteiger partial charge is 0.135 e. The molecule has 2 heterocycles. The lowest BCUT2D eigenvalue weighted by Crippen LogP contribution is -2.28. The Hall–Kier alpha value is -1.32. The molecule has 0 bridgehead atoms. The van der Waals surface area contributed by atoms with Gasteiger partial charge in [0.15, 0.2) is 0 Å². The minimum absolute atomic E-state index is 0.176. The summed E-state index contributed by atoms with van der Waals surface area (Å²) >= 11 is 1.88. The molecule has 3 heteroatoms. The van der Waals surface area contributed by atoms with Gasteiger partial charge in [0.05, 0.1) is 0 Å². The lowest BCUT2D eigenvalue weighted by Gasteiger charge is -2.32. The molecule has 1 aromatic heterocycles. The molecule has 0 aliphatic carbocycles. The predicted molar refractivity (Wildman–Crippen MR) is 89.3 cm³/mol. The van der Waals surface area contributed by atoms with Gasteiger partial charge in [-0.3, -0.25) is 0 Å². The van der Waals surface area contributed by atoms with Crippen LogP contribution in [0.1, 0.15) is 53.3 Å². The molecule has 0 amide bonds. The van der Waals surface area contributed by atoms with Crippen LogP contribution in [0.4, 0.5) is 0 Å². The second-order valence-corrected chi connectivity index (χ2v) is 6.85. The molecule has 1 aliphatic heterocycles. The van der Waals surface area contributed by atoms with Crippen LogP contribution < -0.4 is 10.1 Å². The predicted octanol–water partition coefficient (Wildman–Crippen LogP) is 4.79. The topological polar surface area (TPSA) is 21.3 Å². The van der Waals surface area contributed by atoms with Crippen LogP contribution in [0.5, 0.6) is 5.75 Å². The Kier molecular flexibility index (Phi) is 4.32. The van der Waals surface area contributed by atoms with Crippen molar-refractivity contribution in [2.24, 2.45) is 0 Å². The number of benzene rings is 1. The second-order valence-electron chi connectivity index (χ2n) is 5.65. The van der Waals surface area contributed by atoms with E-state index in [4.69, 9.17) is 4.74 Å². The van der Waals surface area contributed by atoms with E-state index >= 15 is 0 Å². The van der Waals surface area contributed by atoms with Crippen molar-refractivity contribution in [1.29, 1.82) is 0 Å². The van der Waals surface area contributed by atoms with E-state index < -0.39 is 0 Å². The number of hydrogen-bond acceptors (Lipinski definition) is 3. The summed E-state index contributed by atoms with van der Waals surface area (Å²) in [6, 6.07) is 11.4. The summed E-state index contributed by atoms with van der Waals surface area (Å²) in [5.41, 5.74) is 2.60. The first-order valence-corrected chi connectivity index (χ1v) is 8.62. The first-order valence-electron chi connectivity index (χ1n) is 7.80. The maximum atomic E-state index is 6.28. The van der Waals surface area contributed by atoms with Crippen molar-refractivity contribution in [3.05, 3.63) is 51.2 Å². The molecule has 0 spiro atoms. The largest absolute Gasteiger partial charge is 0.484 e. The van der Waals surface area contributed by atoms with E-state index in [0.717, 1.165) is 25.1 Å². The number of hydrogen-bond donors (Lipinski definition) is 1. The molecular formula is C18H23NOS. The van der Waals surface area contributed by atoms with Crippen molar-refractivity contribution in [2.45, 2.75) is 45.8 Å². The van der Waals surface area contributed by atoms with Gasteiger partial charge >= 0.3 is 0 Å². The van der Waals surface area contributed by atoms with E-state index in [9.17, 15) is 0 Å². The number of thiophene rings is 1. The molecule has 21 heavy (non-hydrogen) atoms. The normalized spacial score (nSPS) is 20.9. The van der Waals surface area contributed by atoms with E-state index in [1.807, 2.05) is 11.3 Å². The molecule has 2 atom stereocenters. The third kappa shape index (κ3) is 2.99. The molecule has 0 saturated carbocycles. The van der Waals surface area contributed by atoms with E-state index in [1.54, 1.807) is 0 Å². The molecule has 2 nitrogen and oxygen atoms in total. The highest BCUT2D eigenvalue weighted by Gasteiger charge is 2.29. The Morgan fingerprint density at radius 2 is 2.10 bits per heavy atom. The first-order chi connectivity index (χ1) is 10.2. The Labute approximate surface area is 131 Å². The maximum absolute atomic E-state index is 6.28. The van der Waals surface area contributed by atoms with Gasteiger partial charge in [0.1, 0.15) is 11.9 Å². The van der Waals surface area contributed by atoms with Crippen LogP contribution in [-0.2, 0) is 6.42 Å². The van der Waals surface area contributed by atoms with E-state index in [0.29, 0.717) is 6.04 Å². The van der Waals surface area contributed by atoms with Crippen LogP contribution in [0.15, 0.2) is 30.3 Å². The standard InChI is InChI=1S/C18H23NOS/c1-4-13-7-9-18(21-13)17-11-15(19-5-2)14-10-12(3)6-8-16(14)20-17/h6-10,15,17,19H,4-5,11H2,1-3H3. The van der Waals surface area contributed by atoms with Crippen molar-refractivity contribution in [1.82, 2.24) is 5.32 Å². The maximum Gasteiger partial charge on any atom is 0.135 e. The second kappa shape index (κ2) is 6.20. The molecule has 1 N–H and O–H groups in total. The lowest BCUT2D eigenvalue weighted by molar-refractivity contribution is 0.155. The van der Waals surface area contributed by atoms with Gasteiger partial charge in [-0.05, 0) is 38.1 Å². The van der Waals surface area contributed by atoms with Gasteiger partial charge in [-0.1, -0.05) is 31.5 Å². The summed E-state index contributed by atoms with van der Waals surface area (Å²) in [4.78, 5) is 2.78. The molecule has 0 fully saturated rings. The quantitative estimate of drug-likeness (QED) is 0.876. The monoisotopic (exact) mass is 301 g/mol. The van der Waals surface area contributed by atoms with Gasteiger partial charge in [0, 0.05) is 27.8 Å². The SMILES string of the molecule is CCNC1CC(c2ccc(CC)s2)Oc2ccc(C)cc21. The van der Waals surface area contributed by atoms with Crippen LogP contribution >= 0.6 is 11.3 Å². The average molecular weight is 301 g/mol. The Balaban J connectivity index is 1.91. The van der Waals surface area contributed by atoms with Gasteiger partial charge in [-0.25, -0.2) is 0 Å². The fourth-order valence-electron chi connectivity index (χ4n) is 2.96. The van der Waals surface area contributed by atoms with Crippen molar-refractivity contribution in [3.63, 3.8) is 0 Å². The summed E-state index contributed by atoms with van der Waals surface area (Å²) < 4.78 is 6.28. The van der Waals surface area contributed by atoms with Crippen LogP contribution in [0.3, 0.4) is 0 Å². The highest BCUT2D eigenvalue weighted by molar-refractivity contribution is 7.12. The Bertz CT molecular complexity index is 619. The average Bonchev–Trinajstić information content (AvgIpc) is 2.97. The minimum Gasteiger partial charge on any atom is -0.484 e. The van der Waals surface area contributed by atoms with Gasteiger partial charge in [-0.15, -0.1) is 11.3 Å². The van der Waals surface area contributed by atoms with Gasteiger partial charge in [0.2, 0.25) is 0 Å². The molecule has 1 aliphatic rings. The highest BCUT2D eigenvalue weighted by Crippen LogP contribution is 2.42. The van der Waals surface area contributed by atoms with Crippen molar-refractivity contribution >= 4 is 11.3 Å². The zero-order valence-corrected chi connectivity index (χ0v) is 13.8. The van der Waals surface area contributed by atoms with Crippen LogP contribution in [-0.4, -0.2) is 6.54 Å². The zero-order valence-electron chi connectivity index (χ0n) is 13.0. The van der Waals surface area contributed by atoms with E-state index in [-0.39, 0.29) is 6.10 Å². The minimum atomic E-state index is 0.176. The first kappa shape index (κ1) is 14.6. The third-order valence-corrected chi connectivity index (χ3v) is 5.38. The van der Waals surface area contributed by atoms with E-state index in [2.05, 4.69) is 56.4 Å². The number of rotatable bonds is 4. The summed E-state index contributed by atoms with van der Waals surface area (Å²) in [5.74, 6) is 1.04. The van der Waals surface area contributed by atoms with Crippen LogP contribution in [0, 0.1) is 6.92 Å². The fourth-order valence-corrected chi connectivity index (χ4v) is 3.96. The molecule has 3 rings (SSSR count). The summed E-state index contributed by atoms with van der Waals surface area (Å²) in [7, 11) is 0. The Morgan fingerprint density at radius 3 is 2.81 bits per heavy atom. The molecular weight excluding hydrogens is 278 g/mol. The number of nitrogens with one attached hydrogen (secondary N) is 1. The third-order valence-electron chi connectivity index (χ3n) is 4.06. The van der Waals surface area contributed by atoms with Gasteiger partial charge in [-0.2, -0.15) is 0 Å². The fraction of sp³-hybridized carbons (Fsp3) is 0.444. The zero-order chi connectivity index (χ0) is 14.8. The molecule has 0 radical (unpaired) electrons. The summed E-state index contributed by atoms with van der Waals surface area (Å²) in [5, 5.41) is 3.61. The van der Waals surface area contributed by atoms with Crippen LogP contribution in [0.2, 0.25) is 0 Å². The Morgan fingerprint density at radius 1 is 1.24 bits per heavy atom. The number of ether oxygens (including phenoxy) is 1. The van der Waals surface area contributed by atoms with Crippen molar-refractivity contribution in [3.8, 4) is 5.75 Å². The van der Waals surface area contributed by atoms with Gasteiger partial charge < -0.3 is 10.1 Å². The molecule has 1 aromatic carbocycles. The lowest BCUT2D eigenvalue weighted by atomic mass is 9.94. The van der Waals surface area contributed by atoms with E-state index in [1.165, 1.54) is 20.9 Å². The van der Waals surface area contributed by atoms with Crippen LogP contribution in [0.25, 0.3) is 0 Å². The van der Waals surface area contributed by atoms with Crippen molar-refractivity contribution in [2.75, 3.05) is 6.54 Å².